The van der Waals surface area contributed by atoms with Gasteiger partial charge in [-0.3, -0.25) is 4.79 Å². The summed E-state index contributed by atoms with van der Waals surface area (Å²) in [5.74, 6) is 0.0993. The van der Waals surface area contributed by atoms with Crippen molar-refractivity contribution in [1.82, 2.24) is 15.5 Å². The van der Waals surface area contributed by atoms with Crippen molar-refractivity contribution < 1.29 is 28.5 Å². The van der Waals surface area contributed by atoms with Crippen molar-refractivity contribution >= 4 is 12.0 Å². The van der Waals surface area contributed by atoms with Gasteiger partial charge in [-0.15, -0.1) is 0 Å². The normalized spacial score (nSPS) is 36.3. The van der Waals surface area contributed by atoms with E-state index in [0.717, 1.165) is 45.4 Å². The highest BCUT2D eigenvalue weighted by Gasteiger charge is 2.55. The molecule has 4 heterocycles. The summed E-state index contributed by atoms with van der Waals surface area (Å²) in [5, 5.41) is 6.27. The SMILES string of the molecule is CC(/C=C/C1CC2(CCO1)OC2C)=C\CC1OC(C)C(NC(=O)/C=C\C(C)OC(=O)N2CCNCC2)CC1C. The number of carbonyl (C=O) groups excluding carboxylic acids is 2. The third-order valence-electron chi connectivity index (χ3n) is 8.47. The molecule has 0 aromatic heterocycles. The van der Waals surface area contributed by atoms with Crippen LogP contribution in [-0.4, -0.2) is 91.8 Å². The Bertz CT molecular complexity index is 945. The van der Waals surface area contributed by atoms with E-state index in [0.29, 0.717) is 25.1 Å². The van der Waals surface area contributed by atoms with E-state index >= 15 is 0 Å². The van der Waals surface area contributed by atoms with Gasteiger partial charge in [-0.2, -0.15) is 0 Å². The van der Waals surface area contributed by atoms with E-state index in [2.05, 4.69) is 49.6 Å². The molecule has 0 bridgehead atoms. The maximum atomic E-state index is 12.6. The fourth-order valence-corrected chi connectivity index (χ4v) is 5.72. The first kappa shape index (κ1) is 29.8. The molecule has 4 saturated heterocycles. The molecule has 2 amide bonds. The van der Waals surface area contributed by atoms with Crippen LogP contribution in [0.2, 0.25) is 0 Å². The zero-order valence-electron chi connectivity index (χ0n) is 24.2. The summed E-state index contributed by atoms with van der Waals surface area (Å²) in [7, 11) is 0. The molecule has 8 atom stereocenters. The Balaban J connectivity index is 1.18. The van der Waals surface area contributed by atoms with Crippen molar-refractivity contribution in [2.45, 2.75) is 102 Å². The summed E-state index contributed by atoms with van der Waals surface area (Å²) in [6.07, 6.45) is 12.8. The molecule has 0 aromatic carbocycles. The number of allylic oxidation sites excluding steroid dienone is 2. The molecule has 4 aliphatic heterocycles. The molecular weight excluding hydrogens is 498 g/mol. The van der Waals surface area contributed by atoms with Crippen molar-refractivity contribution in [2.24, 2.45) is 5.92 Å². The second-order valence-electron chi connectivity index (χ2n) is 11.6. The minimum Gasteiger partial charge on any atom is -0.442 e. The maximum Gasteiger partial charge on any atom is 0.410 e. The molecule has 4 rings (SSSR count). The number of amides is 2. The molecule has 4 fully saturated rings. The number of rotatable bonds is 8. The van der Waals surface area contributed by atoms with E-state index in [1.165, 1.54) is 11.6 Å². The molecule has 0 saturated carbocycles. The van der Waals surface area contributed by atoms with E-state index in [1.807, 2.05) is 6.92 Å². The molecule has 9 heteroatoms. The van der Waals surface area contributed by atoms with E-state index in [-0.39, 0.29) is 42.0 Å². The van der Waals surface area contributed by atoms with Crippen LogP contribution in [0.3, 0.4) is 0 Å². The fourth-order valence-electron chi connectivity index (χ4n) is 5.72. The first-order valence-corrected chi connectivity index (χ1v) is 14.6. The molecular formula is C30H47N3O6. The highest BCUT2D eigenvalue weighted by atomic mass is 16.6. The van der Waals surface area contributed by atoms with Crippen LogP contribution >= 0.6 is 0 Å². The molecule has 8 unspecified atom stereocenters. The smallest absolute Gasteiger partial charge is 0.410 e. The molecule has 0 aromatic rings. The third-order valence-corrected chi connectivity index (χ3v) is 8.47. The average molecular weight is 546 g/mol. The second-order valence-corrected chi connectivity index (χ2v) is 11.6. The van der Waals surface area contributed by atoms with Crippen molar-refractivity contribution in [2.75, 3.05) is 32.8 Å². The Morgan fingerprint density at radius 2 is 1.95 bits per heavy atom. The number of epoxide rings is 1. The number of nitrogens with one attached hydrogen (secondary N) is 2. The van der Waals surface area contributed by atoms with Gasteiger partial charge in [-0.25, -0.2) is 4.79 Å². The van der Waals surface area contributed by atoms with E-state index in [1.54, 1.807) is 17.9 Å². The summed E-state index contributed by atoms with van der Waals surface area (Å²) < 4.78 is 23.5. The average Bonchev–Trinajstić information content (AvgIpc) is 3.54. The van der Waals surface area contributed by atoms with Gasteiger partial charge in [0.05, 0.1) is 42.7 Å². The maximum absolute atomic E-state index is 12.6. The van der Waals surface area contributed by atoms with E-state index < -0.39 is 6.10 Å². The molecule has 0 radical (unpaired) electrons. The van der Waals surface area contributed by atoms with E-state index in [4.69, 9.17) is 18.9 Å². The van der Waals surface area contributed by atoms with Crippen molar-refractivity contribution in [3.8, 4) is 0 Å². The van der Waals surface area contributed by atoms with Gasteiger partial charge in [0.2, 0.25) is 5.91 Å². The van der Waals surface area contributed by atoms with Crippen LogP contribution in [-0.2, 0) is 23.7 Å². The first-order valence-electron chi connectivity index (χ1n) is 14.6. The minimum atomic E-state index is -0.484. The molecule has 4 aliphatic rings. The summed E-state index contributed by atoms with van der Waals surface area (Å²) in [4.78, 5) is 26.5. The van der Waals surface area contributed by atoms with E-state index in [9.17, 15) is 9.59 Å². The van der Waals surface area contributed by atoms with Crippen LogP contribution < -0.4 is 10.6 Å². The standard InChI is InChI=1S/C30H47N3O6/c1-20(6-9-25-19-30(12-17-36-25)24(5)39-30)7-10-27-21(2)18-26(23(4)38-27)32-28(34)11-8-22(3)37-29(35)33-15-13-31-14-16-33/h6-9,11,21-27,31H,10,12-19H2,1-5H3,(H,32,34)/b9-6+,11-8-,20-7+. The van der Waals surface area contributed by atoms with Crippen molar-refractivity contribution in [3.63, 3.8) is 0 Å². The summed E-state index contributed by atoms with van der Waals surface area (Å²) >= 11 is 0. The first-order chi connectivity index (χ1) is 18.6. The zero-order valence-corrected chi connectivity index (χ0v) is 24.2. The van der Waals surface area contributed by atoms with Gasteiger partial charge < -0.3 is 34.5 Å². The van der Waals surface area contributed by atoms with Gasteiger partial charge in [-0.05, 0) is 52.5 Å². The van der Waals surface area contributed by atoms with Crippen LogP contribution in [0.4, 0.5) is 4.79 Å². The van der Waals surface area contributed by atoms with Crippen LogP contribution in [0.25, 0.3) is 0 Å². The fraction of sp³-hybridized carbons (Fsp3) is 0.733. The van der Waals surface area contributed by atoms with Gasteiger partial charge in [-0.1, -0.05) is 30.7 Å². The lowest BCUT2D eigenvalue weighted by molar-refractivity contribution is -0.123. The second kappa shape index (κ2) is 13.4. The molecule has 0 aliphatic carbocycles. The molecule has 1 spiro atoms. The third kappa shape index (κ3) is 8.39. The molecule has 2 N–H and O–H groups in total. The van der Waals surface area contributed by atoms with Gasteiger partial charge >= 0.3 is 6.09 Å². The topological polar surface area (TPSA) is 102 Å². The van der Waals surface area contributed by atoms with Crippen LogP contribution in [0.5, 0.6) is 0 Å². The van der Waals surface area contributed by atoms with Crippen LogP contribution in [0.1, 0.15) is 60.3 Å². The number of nitrogens with zero attached hydrogens (tertiary/aromatic N) is 1. The van der Waals surface area contributed by atoms with Crippen molar-refractivity contribution in [3.05, 3.63) is 36.0 Å². The predicted octanol–water partition coefficient (Wildman–Crippen LogP) is 3.50. The number of hydrogen-bond acceptors (Lipinski definition) is 7. The lowest BCUT2D eigenvalue weighted by Gasteiger charge is -2.39. The number of hydrogen-bond donors (Lipinski definition) is 2. The quantitative estimate of drug-likeness (QED) is 0.274. The summed E-state index contributed by atoms with van der Waals surface area (Å²) in [6, 6.07) is -0.0696. The van der Waals surface area contributed by atoms with Crippen LogP contribution in [0, 0.1) is 5.92 Å². The number of ether oxygens (including phenoxy) is 4. The van der Waals surface area contributed by atoms with Gasteiger partial charge in [0.15, 0.2) is 0 Å². The summed E-state index contributed by atoms with van der Waals surface area (Å²) in [6.45, 7) is 13.7. The van der Waals surface area contributed by atoms with Gasteiger partial charge in [0.25, 0.3) is 0 Å². The van der Waals surface area contributed by atoms with Gasteiger partial charge in [0, 0.05) is 45.1 Å². The monoisotopic (exact) mass is 545 g/mol. The molecule has 39 heavy (non-hydrogen) atoms. The Hall–Kier alpha value is -2.20. The molecule has 9 nitrogen and oxygen atoms in total. The zero-order chi connectivity index (χ0) is 28.0. The largest absolute Gasteiger partial charge is 0.442 e. The summed E-state index contributed by atoms with van der Waals surface area (Å²) in [5.41, 5.74) is 1.24. The molecule has 218 valence electrons. The lowest BCUT2D eigenvalue weighted by atomic mass is 9.88. The highest BCUT2D eigenvalue weighted by Crippen LogP contribution is 2.46. The Kier molecular flexibility index (Phi) is 10.3. The number of piperazine rings is 1. The Morgan fingerprint density at radius 1 is 1.21 bits per heavy atom. The lowest BCUT2D eigenvalue weighted by Crippen LogP contribution is -2.50. The number of carbonyl (C=O) groups is 2. The Labute approximate surface area is 233 Å². The Morgan fingerprint density at radius 3 is 2.67 bits per heavy atom. The van der Waals surface area contributed by atoms with Crippen molar-refractivity contribution in [1.29, 1.82) is 0 Å². The predicted molar refractivity (Wildman–Crippen MR) is 149 cm³/mol. The van der Waals surface area contributed by atoms with Crippen LogP contribution in [0.15, 0.2) is 36.0 Å². The highest BCUT2D eigenvalue weighted by molar-refractivity contribution is 5.87. The minimum absolute atomic E-state index is 0.0458. The van der Waals surface area contributed by atoms with Gasteiger partial charge in [0.1, 0.15) is 6.10 Å².